The van der Waals surface area contributed by atoms with Gasteiger partial charge in [-0.2, -0.15) is 0 Å². The van der Waals surface area contributed by atoms with Crippen molar-refractivity contribution in [3.63, 3.8) is 0 Å². The Morgan fingerprint density at radius 3 is 2.39 bits per heavy atom. The molecule has 2 fully saturated rings. The Hall–Kier alpha value is -1.55. The summed E-state index contributed by atoms with van der Waals surface area (Å²) >= 11 is 0. The van der Waals surface area contributed by atoms with Crippen LogP contribution >= 0.6 is 0 Å². The summed E-state index contributed by atoms with van der Waals surface area (Å²) in [6, 6.07) is 8.36. The molecule has 0 spiro atoms. The van der Waals surface area contributed by atoms with Crippen LogP contribution in [0.3, 0.4) is 0 Å². The molecule has 23 heavy (non-hydrogen) atoms. The van der Waals surface area contributed by atoms with E-state index in [4.69, 9.17) is 0 Å². The highest BCUT2D eigenvalue weighted by Gasteiger charge is 2.25. The predicted octanol–water partition coefficient (Wildman–Crippen LogP) is 3.35. The number of carbonyl (C=O) groups is 1. The van der Waals surface area contributed by atoms with Gasteiger partial charge in [0.25, 0.3) is 0 Å². The molecule has 2 saturated heterocycles. The third-order valence-electron chi connectivity index (χ3n) is 5.36. The molecule has 126 valence electrons. The zero-order valence-corrected chi connectivity index (χ0v) is 14.4. The van der Waals surface area contributed by atoms with Crippen molar-refractivity contribution in [2.45, 2.75) is 45.1 Å². The quantitative estimate of drug-likeness (QED) is 0.929. The largest absolute Gasteiger partial charge is 0.372 e. The summed E-state index contributed by atoms with van der Waals surface area (Å²) in [5.41, 5.74) is 2.17. The van der Waals surface area contributed by atoms with Gasteiger partial charge in [0.2, 0.25) is 5.91 Å². The number of benzene rings is 1. The van der Waals surface area contributed by atoms with Gasteiger partial charge in [-0.25, -0.2) is 0 Å². The number of piperidine rings is 2. The highest BCUT2D eigenvalue weighted by molar-refractivity contribution is 5.95. The fraction of sp³-hybridized carbons (Fsp3) is 0.632. The number of amides is 1. The summed E-state index contributed by atoms with van der Waals surface area (Å²) in [6.07, 6.45) is 5.85. The Morgan fingerprint density at radius 1 is 1.04 bits per heavy atom. The predicted molar refractivity (Wildman–Crippen MR) is 96.0 cm³/mol. The van der Waals surface area contributed by atoms with Crippen molar-refractivity contribution in [2.24, 2.45) is 5.92 Å². The van der Waals surface area contributed by atoms with E-state index in [1.165, 1.54) is 24.9 Å². The number of nitrogens with zero attached hydrogens (tertiary/aromatic N) is 2. The van der Waals surface area contributed by atoms with Crippen LogP contribution in [0.15, 0.2) is 24.3 Å². The monoisotopic (exact) mass is 315 g/mol. The van der Waals surface area contributed by atoms with Gasteiger partial charge in [-0.3, -0.25) is 9.69 Å². The van der Waals surface area contributed by atoms with Crippen molar-refractivity contribution in [2.75, 3.05) is 36.9 Å². The Labute approximate surface area is 139 Å². The fourth-order valence-electron chi connectivity index (χ4n) is 3.65. The molecule has 0 aliphatic carbocycles. The van der Waals surface area contributed by atoms with Crippen molar-refractivity contribution >= 4 is 17.3 Å². The van der Waals surface area contributed by atoms with Gasteiger partial charge in [-0.15, -0.1) is 0 Å². The molecule has 1 aromatic rings. The van der Waals surface area contributed by atoms with Gasteiger partial charge in [-0.05, 0) is 69.5 Å². The number of rotatable bonds is 3. The number of nitrogens with one attached hydrogen (secondary N) is 1. The molecular weight excluding hydrogens is 286 g/mol. The van der Waals surface area contributed by atoms with Crippen molar-refractivity contribution in [3.05, 3.63) is 24.3 Å². The number of likely N-dealkylation sites (N-methyl/N-ethyl adjacent to an activating group) is 1. The zero-order chi connectivity index (χ0) is 16.2. The minimum absolute atomic E-state index is 0.0204. The molecule has 1 atom stereocenters. The lowest BCUT2D eigenvalue weighted by Gasteiger charge is -2.32. The maximum atomic E-state index is 12.4. The van der Waals surface area contributed by atoms with Crippen molar-refractivity contribution in [3.8, 4) is 0 Å². The molecule has 1 amide bonds. The van der Waals surface area contributed by atoms with E-state index in [-0.39, 0.29) is 11.9 Å². The van der Waals surface area contributed by atoms with Gasteiger partial charge in [-0.1, -0.05) is 13.3 Å². The Balaban J connectivity index is 1.58. The molecule has 0 aromatic heterocycles. The van der Waals surface area contributed by atoms with E-state index in [0.29, 0.717) is 0 Å². The highest BCUT2D eigenvalue weighted by atomic mass is 16.2. The van der Waals surface area contributed by atoms with Crippen LogP contribution in [0.4, 0.5) is 11.4 Å². The van der Waals surface area contributed by atoms with E-state index < -0.39 is 0 Å². The maximum Gasteiger partial charge on any atom is 0.241 e. The van der Waals surface area contributed by atoms with E-state index in [1.54, 1.807) is 0 Å². The third kappa shape index (κ3) is 4.05. The lowest BCUT2D eigenvalue weighted by molar-refractivity contribution is -0.121. The molecule has 0 radical (unpaired) electrons. The topological polar surface area (TPSA) is 35.6 Å². The van der Waals surface area contributed by atoms with Gasteiger partial charge in [0.1, 0.15) is 0 Å². The molecule has 0 bridgehead atoms. The Bertz CT molecular complexity index is 520. The molecule has 4 nitrogen and oxygen atoms in total. The van der Waals surface area contributed by atoms with Crippen LogP contribution in [-0.2, 0) is 4.79 Å². The second-order valence-electron chi connectivity index (χ2n) is 7.20. The molecule has 1 aromatic carbocycles. The minimum atomic E-state index is 0.0204. The maximum absolute atomic E-state index is 12.4. The summed E-state index contributed by atoms with van der Waals surface area (Å²) < 4.78 is 0. The number of hydrogen-bond acceptors (Lipinski definition) is 3. The first kappa shape index (κ1) is 16.3. The van der Waals surface area contributed by atoms with E-state index >= 15 is 0 Å². The van der Waals surface area contributed by atoms with Crippen molar-refractivity contribution in [1.82, 2.24) is 4.90 Å². The van der Waals surface area contributed by atoms with Crippen LogP contribution in [0.25, 0.3) is 0 Å². The Morgan fingerprint density at radius 2 is 1.74 bits per heavy atom. The van der Waals surface area contributed by atoms with Gasteiger partial charge >= 0.3 is 0 Å². The second kappa shape index (κ2) is 7.35. The number of anilines is 2. The first-order chi connectivity index (χ1) is 11.1. The smallest absolute Gasteiger partial charge is 0.241 e. The van der Waals surface area contributed by atoms with Crippen LogP contribution in [0, 0.1) is 5.92 Å². The number of hydrogen-bond donors (Lipinski definition) is 1. The molecular formula is C19H29N3O. The van der Waals surface area contributed by atoms with Gasteiger partial charge in [0.15, 0.2) is 0 Å². The fourth-order valence-corrected chi connectivity index (χ4v) is 3.65. The number of likely N-dealkylation sites (tertiary alicyclic amines) is 1. The van der Waals surface area contributed by atoms with E-state index in [0.717, 1.165) is 44.1 Å². The van der Waals surface area contributed by atoms with Gasteiger partial charge in [0, 0.05) is 24.5 Å². The van der Waals surface area contributed by atoms with Crippen molar-refractivity contribution in [1.29, 1.82) is 0 Å². The van der Waals surface area contributed by atoms with E-state index in [9.17, 15) is 4.79 Å². The number of carbonyl (C=O) groups excluding carboxylic acids is 1. The van der Waals surface area contributed by atoms with Crippen LogP contribution < -0.4 is 10.2 Å². The summed E-state index contributed by atoms with van der Waals surface area (Å²) in [5, 5.41) is 3.08. The zero-order valence-electron chi connectivity index (χ0n) is 14.4. The molecule has 1 unspecified atom stereocenters. The first-order valence-electron chi connectivity index (χ1n) is 8.99. The molecule has 2 heterocycles. The second-order valence-corrected chi connectivity index (χ2v) is 7.20. The standard InChI is InChI=1S/C19H29N3O/c1-15-10-13-22(14-11-15)17-8-6-16(7-9-17)20-19(23)18-5-3-4-12-21(18)2/h6-9,15,18H,3-5,10-14H2,1-2H3,(H,20,23). The summed E-state index contributed by atoms with van der Waals surface area (Å²) in [5.74, 6) is 0.976. The molecule has 1 N–H and O–H groups in total. The van der Waals surface area contributed by atoms with Crippen LogP contribution in [-0.4, -0.2) is 43.5 Å². The lowest BCUT2D eigenvalue weighted by Crippen LogP contribution is -2.44. The third-order valence-corrected chi connectivity index (χ3v) is 5.36. The van der Waals surface area contributed by atoms with E-state index in [2.05, 4.69) is 34.2 Å². The highest BCUT2D eigenvalue weighted by Crippen LogP contribution is 2.24. The molecule has 2 aliphatic rings. The van der Waals surface area contributed by atoms with Crippen LogP contribution in [0.2, 0.25) is 0 Å². The summed E-state index contributed by atoms with van der Waals surface area (Å²) in [6.45, 7) is 5.63. The van der Waals surface area contributed by atoms with Crippen LogP contribution in [0.5, 0.6) is 0 Å². The lowest BCUT2D eigenvalue weighted by atomic mass is 9.99. The van der Waals surface area contributed by atoms with Crippen molar-refractivity contribution < 1.29 is 4.79 Å². The Kier molecular flexibility index (Phi) is 5.21. The first-order valence-corrected chi connectivity index (χ1v) is 8.99. The molecule has 0 saturated carbocycles. The minimum Gasteiger partial charge on any atom is -0.372 e. The average Bonchev–Trinajstić information content (AvgIpc) is 2.57. The van der Waals surface area contributed by atoms with Crippen LogP contribution in [0.1, 0.15) is 39.0 Å². The summed E-state index contributed by atoms with van der Waals surface area (Å²) in [4.78, 5) is 17.1. The molecule has 4 heteroatoms. The van der Waals surface area contributed by atoms with E-state index in [1.807, 2.05) is 19.2 Å². The SMILES string of the molecule is CC1CCN(c2ccc(NC(=O)C3CCCCN3C)cc2)CC1. The normalized spacial score (nSPS) is 23.7. The average molecular weight is 315 g/mol. The van der Waals surface area contributed by atoms with Gasteiger partial charge in [0.05, 0.1) is 6.04 Å². The summed E-state index contributed by atoms with van der Waals surface area (Å²) in [7, 11) is 2.05. The molecule has 2 aliphatic heterocycles. The molecule has 3 rings (SSSR count). The van der Waals surface area contributed by atoms with Gasteiger partial charge < -0.3 is 10.2 Å².